The molecule has 6 nitrogen and oxygen atoms in total. The summed E-state index contributed by atoms with van der Waals surface area (Å²) in [7, 11) is 1.58. The molecule has 3 rings (SSSR count). The largest absolute Gasteiger partial charge is 0.573 e. The molecule has 0 saturated carbocycles. The number of hydrogen-bond acceptors (Lipinski definition) is 3. The van der Waals surface area contributed by atoms with E-state index in [1.807, 2.05) is 35.7 Å². The molecule has 2 aromatic heterocycles. The normalized spacial score (nSPS) is 12.2. The highest BCUT2D eigenvalue weighted by Gasteiger charge is 2.31. The zero-order chi connectivity index (χ0) is 20.1. The Labute approximate surface area is 160 Å². The van der Waals surface area contributed by atoms with Crippen LogP contribution in [-0.2, 0) is 13.1 Å². The third-order valence-corrected chi connectivity index (χ3v) is 4.05. The fourth-order valence-corrected chi connectivity index (χ4v) is 2.73. The Bertz CT molecular complexity index is 981. The average Bonchev–Trinajstić information content (AvgIpc) is 3.06. The molecule has 2 heterocycles. The first-order valence-corrected chi connectivity index (χ1v) is 8.57. The lowest BCUT2D eigenvalue weighted by atomic mass is 10.2. The first kappa shape index (κ1) is 19.5. The van der Waals surface area contributed by atoms with Crippen molar-refractivity contribution in [2.75, 3.05) is 7.05 Å². The van der Waals surface area contributed by atoms with Crippen molar-refractivity contribution >= 4 is 11.6 Å². The molecule has 3 aromatic rings. The van der Waals surface area contributed by atoms with Gasteiger partial charge < -0.3 is 19.8 Å². The summed E-state index contributed by atoms with van der Waals surface area (Å²) in [6.07, 6.45) is -2.81. The van der Waals surface area contributed by atoms with Crippen LogP contribution in [0.5, 0.6) is 5.75 Å². The van der Waals surface area contributed by atoms with Gasteiger partial charge in [0.05, 0.1) is 12.2 Å². The molecular weight excluding hydrogens is 371 g/mol. The summed E-state index contributed by atoms with van der Waals surface area (Å²) in [6, 6.07) is 11.8. The Morgan fingerprint density at radius 1 is 1.11 bits per heavy atom. The van der Waals surface area contributed by atoms with E-state index in [2.05, 4.69) is 25.3 Å². The van der Waals surface area contributed by atoms with E-state index >= 15 is 0 Å². The van der Waals surface area contributed by atoms with E-state index < -0.39 is 6.36 Å². The van der Waals surface area contributed by atoms with E-state index in [4.69, 9.17) is 0 Å². The van der Waals surface area contributed by atoms with Crippen LogP contribution in [-0.4, -0.2) is 28.8 Å². The van der Waals surface area contributed by atoms with Gasteiger partial charge in [0, 0.05) is 31.0 Å². The van der Waals surface area contributed by atoms with Crippen molar-refractivity contribution < 1.29 is 17.9 Å². The minimum Gasteiger partial charge on any atom is -0.405 e. The number of para-hydroxylation sites is 1. The van der Waals surface area contributed by atoms with Crippen LogP contribution in [0.3, 0.4) is 0 Å². The Morgan fingerprint density at radius 2 is 1.86 bits per heavy atom. The van der Waals surface area contributed by atoms with Crippen LogP contribution in [0.1, 0.15) is 17.0 Å². The van der Waals surface area contributed by atoms with Gasteiger partial charge in [-0.1, -0.05) is 24.3 Å². The Morgan fingerprint density at radius 3 is 2.57 bits per heavy atom. The topological polar surface area (TPSA) is 63.0 Å². The Kier molecular flexibility index (Phi) is 5.72. The lowest BCUT2D eigenvalue weighted by Crippen LogP contribution is -2.36. The number of ether oxygens (including phenoxy) is 1. The van der Waals surface area contributed by atoms with Crippen molar-refractivity contribution in [1.82, 2.24) is 20.0 Å². The van der Waals surface area contributed by atoms with Crippen LogP contribution in [0.25, 0.3) is 5.65 Å². The monoisotopic (exact) mass is 391 g/mol. The second kappa shape index (κ2) is 8.20. The first-order chi connectivity index (χ1) is 13.4. The molecule has 0 spiro atoms. The minimum atomic E-state index is -4.74. The Balaban J connectivity index is 1.61. The van der Waals surface area contributed by atoms with Crippen LogP contribution >= 0.6 is 0 Å². The molecule has 0 amide bonds. The number of nitrogens with zero attached hydrogens (tertiary/aromatic N) is 3. The van der Waals surface area contributed by atoms with E-state index in [-0.39, 0.29) is 12.3 Å². The van der Waals surface area contributed by atoms with Crippen molar-refractivity contribution in [2.45, 2.75) is 26.4 Å². The van der Waals surface area contributed by atoms with Crippen molar-refractivity contribution in [2.24, 2.45) is 4.99 Å². The lowest BCUT2D eigenvalue weighted by Gasteiger charge is -2.15. The second-order valence-electron chi connectivity index (χ2n) is 6.06. The summed E-state index contributed by atoms with van der Waals surface area (Å²) >= 11 is 0. The summed E-state index contributed by atoms with van der Waals surface area (Å²) in [6.45, 7) is 2.53. The smallest absolute Gasteiger partial charge is 0.405 e. The predicted molar refractivity (Wildman–Crippen MR) is 100 cm³/mol. The lowest BCUT2D eigenvalue weighted by molar-refractivity contribution is -0.274. The maximum Gasteiger partial charge on any atom is 0.573 e. The fraction of sp³-hybridized carbons (Fsp3) is 0.263. The van der Waals surface area contributed by atoms with Gasteiger partial charge in [-0.05, 0) is 25.1 Å². The molecule has 0 saturated heterocycles. The molecule has 0 fully saturated rings. The second-order valence-corrected chi connectivity index (χ2v) is 6.06. The molecule has 148 valence electrons. The molecule has 0 radical (unpaired) electrons. The molecule has 0 aliphatic heterocycles. The van der Waals surface area contributed by atoms with Crippen LogP contribution in [0.4, 0.5) is 13.2 Å². The maximum atomic E-state index is 12.5. The van der Waals surface area contributed by atoms with Crippen molar-refractivity contribution in [3.8, 4) is 5.75 Å². The highest BCUT2D eigenvalue weighted by molar-refractivity contribution is 5.79. The molecule has 0 aliphatic carbocycles. The van der Waals surface area contributed by atoms with Gasteiger partial charge in [-0.3, -0.25) is 4.99 Å². The molecule has 0 unspecified atom stereocenters. The molecule has 2 N–H and O–H groups in total. The third-order valence-electron chi connectivity index (χ3n) is 4.05. The van der Waals surface area contributed by atoms with Crippen molar-refractivity contribution in [1.29, 1.82) is 0 Å². The number of halogens is 3. The number of fused-ring (bicyclic) bond motifs is 1. The number of hydrogen-bond donors (Lipinski definition) is 2. The van der Waals surface area contributed by atoms with Crippen LogP contribution in [0.15, 0.2) is 53.7 Å². The summed E-state index contributed by atoms with van der Waals surface area (Å²) in [5.74, 6) is 0.198. The zero-order valence-corrected chi connectivity index (χ0v) is 15.4. The summed E-state index contributed by atoms with van der Waals surface area (Å²) in [4.78, 5) is 8.62. The number of pyridine rings is 1. The number of aromatic nitrogens is 2. The molecule has 0 atom stereocenters. The van der Waals surface area contributed by atoms with Gasteiger partial charge in [0.1, 0.15) is 11.4 Å². The number of imidazole rings is 1. The molecular formula is C19H20F3N5O. The molecule has 1 aromatic carbocycles. The number of nitrogens with one attached hydrogen (secondary N) is 2. The quantitative estimate of drug-likeness (QED) is 0.517. The van der Waals surface area contributed by atoms with Crippen molar-refractivity contribution in [3.05, 3.63) is 65.6 Å². The number of guanidine groups is 1. The third kappa shape index (κ3) is 4.93. The maximum absolute atomic E-state index is 12.5. The van der Waals surface area contributed by atoms with Crippen LogP contribution in [0.2, 0.25) is 0 Å². The van der Waals surface area contributed by atoms with Gasteiger partial charge in [-0.2, -0.15) is 0 Å². The van der Waals surface area contributed by atoms with Crippen molar-refractivity contribution in [3.63, 3.8) is 0 Å². The highest BCUT2D eigenvalue weighted by Crippen LogP contribution is 2.26. The zero-order valence-electron chi connectivity index (χ0n) is 15.4. The molecule has 0 bridgehead atoms. The van der Waals surface area contributed by atoms with Gasteiger partial charge in [0.15, 0.2) is 5.96 Å². The van der Waals surface area contributed by atoms with Crippen LogP contribution < -0.4 is 15.4 Å². The fourth-order valence-electron chi connectivity index (χ4n) is 2.73. The van der Waals surface area contributed by atoms with E-state index in [0.717, 1.165) is 17.0 Å². The standard InChI is InChI=1S/C19H20F3N5O/c1-13-6-5-9-17-26-15(12-27(13)17)11-25-18(23-2)24-10-14-7-3-4-8-16(14)28-19(20,21)22/h3-9,12H,10-11H2,1-2H3,(H2,23,24,25). The molecule has 0 aliphatic rings. The van der Waals surface area contributed by atoms with E-state index in [9.17, 15) is 13.2 Å². The van der Waals surface area contributed by atoms with E-state index in [1.54, 1.807) is 19.2 Å². The summed E-state index contributed by atoms with van der Waals surface area (Å²) < 4.78 is 43.6. The van der Waals surface area contributed by atoms with E-state index in [1.165, 1.54) is 12.1 Å². The first-order valence-electron chi connectivity index (χ1n) is 8.57. The molecule has 9 heteroatoms. The van der Waals surface area contributed by atoms with Gasteiger partial charge >= 0.3 is 6.36 Å². The number of benzene rings is 1. The summed E-state index contributed by atoms with van der Waals surface area (Å²) in [5.41, 5.74) is 3.10. The predicted octanol–water partition coefficient (Wildman–Crippen LogP) is 3.41. The number of aryl methyl sites for hydroxylation is 1. The number of alkyl halides is 3. The minimum absolute atomic E-state index is 0.121. The SMILES string of the molecule is CN=C(NCc1cn2c(C)cccc2n1)NCc1ccccc1OC(F)(F)F. The van der Waals surface area contributed by atoms with Gasteiger partial charge in [0.25, 0.3) is 0 Å². The average molecular weight is 391 g/mol. The van der Waals surface area contributed by atoms with Gasteiger partial charge in [-0.15, -0.1) is 13.2 Å². The van der Waals surface area contributed by atoms with Crippen LogP contribution in [0, 0.1) is 6.92 Å². The number of rotatable bonds is 5. The van der Waals surface area contributed by atoms with E-state index in [0.29, 0.717) is 18.1 Å². The highest BCUT2D eigenvalue weighted by atomic mass is 19.4. The number of aliphatic imine (C=N–C) groups is 1. The Hall–Kier alpha value is -3.23. The van der Waals surface area contributed by atoms with Gasteiger partial charge in [-0.25, -0.2) is 4.98 Å². The molecule has 28 heavy (non-hydrogen) atoms. The van der Waals surface area contributed by atoms with Gasteiger partial charge in [0.2, 0.25) is 0 Å². The summed E-state index contributed by atoms with van der Waals surface area (Å²) in [5, 5.41) is 6.09.